The minimum Gasteiger partial charge on any atom is -0.140 e. The van der Waals surface area contributed by atoms with E-state index in [1.807, 2.05) is 0 Å². The molecule has 0 nitrogen and oxygen atoms in total. The van der Waals surface area contributed by atoms with Gasteiger partial charge in [-0.05, 0) is 0 Å². The zero-order valence-corrected chi connectivity index (χ0v) is 5.75. The predicted octanol–water partition coefficient (Wildman–Crippen LogP) is 1.71. The summed E-state index contributed by atoms with van der Waals surface area (Å²) in [5.74, 6) is 0. The monoisotopic (exact) mass is 108 g/mol. The molecule has 0 saturated carbocycles. The SMILES string of the molecule is C[CH2][Al]1[CH]=CC=[CH]1. The van der Waals surface area contributed by atoms with Crippen LogP contribution in [0.3, 0.4) is 0 Å². The number of hydrogen-bond acceptors (Lipinski definition) is 0. The third kappa shape index (κ3) is 1.19. The molecule has 1 heteroatoms. The van der Waals surface area contributed by atoms with Gasteiger partial charge in [-0.15, -0.1) is 9.88 Å². The average molecular weight is 108 g/mol. The van der Waals surface area contributed by atoms with Gasteiger partial charge in [-0.1, -0.05) is 24.4 Å². The van der Waals surface area contributed by atoms with Crippen LogP contribution in [0.1, 0.15) is 6.92 Å². The Morgan fingerprint density at radius 1 is 1.29 bits per heavy atom. The van der Waals surface area contributed by atoms with Crippen LogP contribution in [0.15, 0.2) is 22.0 Å². The summed E-state index contributed by atoms with van der Waals surface area (Å²) in [5.41, 5.74) is 0. The van der Waals surface area contributed by atoms with E-state index in [-0.39, 0.29) is 0 Å². The summed E-state index contributed by atoms with van der Waals surface area (Å²) in [6.45, 7) is 2.26. The van der Waals surface area contributed by atoms with Gasteiger partial charge in [0.15, 0.2) is 0 Å². The Balaban J connectivity index is 2.44. The molecule has 0 aromatic heterocycles. The molecule has 0 unspecified atom stereocenters. The lowest BCUT2D eigenvalue weighted by Crippen LogP contribution is -1.98. The van der Waals surface area contributed by atoms with E-state index < -0.39 is 14.1 Å². The predicted molar refractivity (Wildman–Crippen MR) is 34.5 cm³/mol. The van der Waals surface area contributed by atoms with Crippen molar-refractivity contribution in [2.45, 2.75) is 12.2 Å². The quantitative estimate of drug-likeness (QED) is 0.448. The third-order valence-electron chi connectivity index (χ3n) is 1.30. The zero-order chi connectivity index (χ0) is 5.11. The van der Waals surface area contributed by atoms with Gasteiger partial charge in [-0.3, -0.25) is 0 Å². The Morgan fingerprint density at radius 3 is 2.14 bits per heavy atom. The minimum atomic E-state index is -0.421. The number of allylic oxidation sites excluding steroid dienone is 2. The average Bonchev–Trinajstić information content (AvgIpc) is 2.14. The summed E-state index contributed by atoms with van der Waals surface area (Å²) < 4.78 is 0. The summed E-state index contributed by atoms with van der Waals surface area (Å²) in [5, 5.41) is 1.38. The molecule has 1 aliphatic heterocycles. The summed E-state index contributed by atoms with van der Waals surface area (Å²) in [4.78, 5) is 4.72. The lowest BCUT2D eigenvalue weighted by Gasteiger charge is -1.84. The minimum absolute atomic E-state index is 0.421. The lowest BCUT2D eigenvalue weighted by atomic mass is 10.6. The lowest BCUT2D eigenvalue weighted by molar-refractivity contribution is 1.44. The highest BCUT2D eigenvalue weighted by Gasteiger charge is 2.06. The van der Waals surface area contributed by atoms with E-state index in [2.05, 4.69) is 29.0 Å². The molecule has 0 radical (unpaired) electrons. The van der Waals surface area contributed by atoms with Crippen LogP contribution in [0.25, 0.3) is 0 Å². The van der Waals surface area contributed by atoms with Crippen molar-refractivity contribution < 1.29 is 0 Å². The van der Waals surface area contributed by atoms with Crippen LogP contribution in [-0.4, -0.2) is 14.1 Å². The van der Waals surface area contributed by atoms with E-state index in [9.17, 15) is 0 Å². The largest absolute Gasteiger partial charge is 0.326 e. The van der Waals surface area contributed by atoms with Crippen LogP contribution < -0.4 is 0 Å². The molecular weight excluding hydrogens is 99.0 g/mol. The molecule has 1 heterocycles. The standard InChI is InChI=1S/C4H4.C2H5.Al/c1-3-4-2;1-2;/h1-4H;1H2,2H3;. The van der Waals surface area contributed by atoms with Crippen molar-refractivity contribution in [3.8, 4) is 0 Å². The van der Waals surface area contributed by atoms with Crippen LogP contribution in [0.2, 0.25) is 5.28 Å². The highest BCUT2D eigenvalue weighted by Crippen LogP contribution is 2.01. The van der Waals surface area contributed by atoms with E-state index >= 15 is 0 Å². The van der Waals surface area contributed by atoms with Gasteiger partial charge in [0.2, 0.25) is 0 Å². The maximum absolute atomic E-state index is 2.36. The molecule has 0 aromatic rings. The summed E-state index contributed by atoms with van der Waals surface area (Å²) in [6.07, 6.45) is 4.33. The van der Waals surface area contributed by atoms with Gasteiger partial charge in [0.1, 0.15) is 0 Å². The molecule has 0 fully saturated rings. The molecule has 1 rings (SSSR count). The second-order valence-corrected chi connectivity index (χ2v) is 4.76. The van der Waals surface area contributed by atoms with Crippen LogP contribution in [0.5, 0.6) is 0 Å². The molecular formula is C6H9Al. The smallest absolute Gasteiger partial charge is 0.140 e. The van der Waals surface area contributed by atoms with Gasteiger partial charge in [-0.25, -0.2) is 0 Å². The molecule has 0 spiro atoms. The van der Waals surface area contributed by atoms with Crippen molar-refractivity contribution in [1.29, 1.82) is 0 Å². The van der Waals surface area contributed by atoms with Crippen LogP contribution in [0.4, 0.5) is 0 Å². The molecule has 0 N–H and O–H groups in total. The molecule has 0 bridgehead atoms. The topological polar surface area (TPSA) is 0 Å². The first kappa shape index (κ1) is 5.16. The fraction of sp³-hybridized carbons (Fsp3) is 0.333. The van der Waals surface area contributed by atoms with Crippen molar-refractivity contribution in [3.05, 3.63) is 22.0 Å². The number of rotatable bonds is 1. The van der Waals surface area contributed by atoms with Gasteiger partial charge in [0.25, 0.3) is 0 Å². The fourth-order valence-corrected chi connectivity index (χ4v) is 2.25. The van der Waals surface area contributed by atoms with E-state index in [1.165, 1.54) is 5.28 Å². The van der Waals surface area contributed by atoms with E-state index in [0.29, 0.717) is 0 Å². The van der Waals surface area contributed by atoms with Gasteiger partial charge < -0.3 is 0 Å². The van der Waals surface area contributed by atoms with Crippen molar-refractivity contribution in [3.63, 3.8) is 0 Å². The summed E-state index contributed by atoms with van der Waals surface area (Å²) >= 11 is -0.421. The Bertz CT molecular complexity index is 90.7. The van der Waals surface area contributed by atoms with Gasteiger partial charge in [-0.2, -0.15) is 0 Å². The third-order valence-corrected chi connectivity index (χ3v) is 3.68. The normalized spacial score (nSPS) is 16.4. The Morgan fingerprint density at radius 2 is 1.86 bits per heavy atom. The Hall–Kier alpha value is 0.0125. The van der Waals surface area contributed by atoms with Gasteiger partial charge in [0, 0.05) is 0 Å². The second-order valence-electron chi connectivity index (χ2n) is 1.84. The summed E-state index contributed by atoms with van der Waals surface area (Å²) in [7, 11) is 0. The maximum atomic E-state index is 2.36. The highest BCUT2D eigenvalue weighted by molar-refractivity contribution is 6.70. The van der Waals surface area contributed by atoms with E-state index in [1.54, 1.807) is 0 Å². The number of hydrogen-bond donors (Lipinski definition) is 0. The second kappa shape index (κ2) is 2.35. The van der Waals surface area contributed by atoms with Crippen LogP contribution in [0, 0.1) is 0 Å². The Kier molecular flexibility index (Phi) is 1.73. The van der Waals surface area contributed by atoms with E-state index in [4.69, 9.17) is 0 Å². The highest BCUT2D eigenvalue weighted by atomic mass is 27.2. The first-order chi connectivity index (χ1) is 3.43. The van der Waals surface area contributed by atoms with E-state index in [0.717, 1.165) is 0 Å². The molecule has 7 heavy (non-hydrogen) atoms. The summed E-state index contributed by atoms with van der Waals surface area (Å²) in [6, 6.07) is 0. The molecule has 0 saturated heterocycles. The molecule has 0 aromatic carbocycles. The molecule has 0 aliphatic carbocycles. The molecule has 1 aliphatic rings. The van der Waals surface area contributed by atoms with Gasteiger partial charge in [0.05, 0.1) is 0 Å². The van der Waals surface area contributed by atoms with Crippen molar-refractivity contribution in [2.75, 3.05) is 0 Å². The van der Waals surface area contributed by atoms with Crippen molar-refractivity contribution in [2.24, 2.45) is 0 Å². The molecule has 36 valence electrons. The fourth-order valence-electron chi connectivity index (χ4n) is 0.750. The first-order valence-corrected chi connectivity index (χ1v) is 4.93. The molecule has 0 amide bonds. The van der Waals surface area contributed by atoms with Crippen LogP contribution in [-0.2, 0) is 0 Å². The van der Waals surface area contributed by atoms with Crippen molar-refractivity contribution >= 4 is 14.1 Å². The Labute approximate surface area is 48.9 Å². The van der Waals surface area contributed by atoms with Gasteiger partial charge >= 0.3 is 14.1 Å². The maximum Gasteiger partial charge on any atom is 0.326 e. The first-order valence-electron chi connectivity index (χ1n) is 2.78. The molecule has 0 atom stereocenters. The zero-order valence-electron chi connectivity index (χ0n) is 4.59. The van der Waals surface area contributed by atoms with Crippen molar-refractivity contribution in [1.82, 2.24) is 0 Å². The van der Waals surface area contributed by atoms with Crippen LogP contribution >= 0.6 is 0 Å².